The summed E-state index contributed by atoms with van der Waals surface area (Å²) in [7, 11) is 0. The van der Waals surface area contributed by atoms with Gasteiger partial charge in [0.15, 0.2) is 5.13 Å². The predicted molar refractivity (Wildman–Crippen MR) is 103 cm³/mol. The van der Waals surface area contributed by atoms with Crippen LogP contribution in [0.3, 0.4) is 0 Å². The average Bonchev–Trinajstić information content (AvgIpc) is 2.99. The summed E-state index contributed by atoms with van der Waals surface area (Å²) in [5.74, 6) is 0. The Labute approximate surface area is 150 Å². The van der Waals surface area contributed by atoms with Gasteiger partial charge in [-0.25, -0.2) is 4.98 Å². The van der Waals surface area contributed by atoms with Gasteiger partial charge in [-0.1, -0.05) is 41.1 Å². The highest BCUT2D eigenvalue weighted by Gasteiger charge is 2.19. The molecular weight excluding hydrogens is 349 g/mol. The topological polar surface area (TPSA) is 19.4 Å². The number of hydrogen-bond donors (Lipinski definition) is 0. The zero-order chi connectivity index (χ0) is 14.9. The molecule has 0 amide bonds. The van der Waals surface area contributed by atoms with Gasteiger partial charge in [-0.15, -0.1) is 12.4 Å². The van der Waals surface area contributed by atoms with Gasteiger partial charge in [0.1, 0.15) is 0 Å². The second-order valence-corrected chi connectivity index (χ2v) is 6.86. The molecular formula is C17H17Cl2N3S. The van der Waals surface area contributed by atoms with Crippen LogP contribution in [0.4, 0.5) is 10.8 Å². The van der Waals surface area contributed by atoms with E-state index in [0.29, 0.717) is 0 Å². The summed E-state index contributed by atoms with van der Waals surface area (Å²) in [6, 6.07) is 16.5. The lowest BCUT2D eigenvalue weighted by molar-refractivity contribution is 0.652. The number of piperazine rings is 1. The molecule has 0 saturated carbocycles. The summed E-state index contributed by atoms with van der Waals surface area (Å²) < 4.78 is 1.16. The van der Waals surface area contributed by atoms with Gasteiger partial charge >= 0.3 is 0 Å². The number of aromatic nitrogens is 1. The average molecular weight is 366 g/mol. The van der Waals surface area contributed by atoms with Crippen molar-refractivity contribution in [1.82, 2.24) is 4.98 Å². The molecule has 2 aromatic carbocycles. The molecule has 1 aliphatic rings. The molecule has 120 valence electrons. The molecule has 1 aromatic heterocycles. The van der Waals surface area contributed by atoms with Crippen LogP contribution in [0.2, 0.25) is 5.02 Å². The van der Waals surface area contributed by atoms with E-state index in [1.165, 1.54) is 5.69 Å². The molecule has 6 heteroatoms. The Morgan fingerprint density at radius 2 is 1.61 bits per heavy atom. The molecule has 1 saturated heterocycles. The van der Waals surface area contributed by atoms with Gasteiger partial charge in [0.05, 0.1) is 10.2 Å². The van der Waals surface area contributed by atoms with E-state index in [-0.39, 0.29) is 12.4 Å². The third-order valence-electron chi connectivity index (χ3n) is 4.01. The van der Waals surface area contributed by atoms with E-state index in [0.717, 1.165) is 46.5 Å². The zero-order valence-corrected chi connectivity index (χ0v) is 14.9. The van der Waals surface area contributed by atoms with E-state index in [9.17, 15) is 0 Å². The van der Waals surface area contributed by atoms with Gasteiger partial charge < -0.3 is 9.80 Å². The second-order valence-electron chi connectivity index (χ2n) is 5.42. The highest BCUT2D eigenvalue weighted by Crippen LogP contribution is 2.31. The molecule has 0 N–H and O–H groups in total. The van der Waals surface area contributed by atoms with Crippen molar-refractivity contribution in [3.63, 3.8) is 0 Å². The first-order chi connectivity index (χ1) is 10.8. The lowest BCUT2D eigenvalue weighted by Crippen LogP contribution is -2.46. The molecule has 0 spiro atoms. The summed E-state index contributed by atoms with van der Waals surface area (Å²) >= 11 is 7.79. The summed E-state index contributed by atoms with van der Waals surface area (Å²) in [4.78, 5) is 9.55. The van der Waals surface area contributed by atoms with E-state index < -0.39 is 0 Å². The minimum absolute atomic E-state index is 0. The number of nitrogens with zero attached hydrogens (tertiary/aromatic N) is 3. The maximum absolute atomic E-state index is 6.06. The van der Waals surface area contributed by atoms with Crippen LogP contribution >= 0.6 is 35.3 Å². The van der Waals surface area contributed by atoms with Gasteiger partial charge in [0.2, 0.25) is 0 Å². The fraction of sp³-hybridized carbons (Fsp3) is 0.235. The molecule has 3 aromatic rings. The number of benzene rings is 2. The van der Waals surface area contributed by atoms with Crippen molar-refractivity contribution in [3.8, 4) is 0 Å². The van der Waals surface area contributed by atoms with Crippen molar-refractivity contribution in [1.29, 1.82) is 0 Å². The molecule has 1 fully saturated rings. The Balaban J connectivity index is 0.00000156. The lowest BCUT2D eigenvalue weighted by atomic mass is 10.2. The minimum atomic E-state index is 0. The molecule has 1 aliphatic heterocycles. The quantitative estimate of drug-likeness (QED) is 0.656. The number of thiazole rings is 1. The van der Waals surface area contributed by atoms with Gasteiger partial charge in [-0.2, -0.15) is 0 Å². The highest BCUT2D eigenvalue weighted by molar-refractivity contribution is 7.22. The van der Waals surface area contributed by atoms with Crippen LogP contribution in [0.5, 0.6) is 0 Å². The van der Waals surface area contributed by atoms with Crippen LogP contribution in [0.1, 0.15) is 0 Å². The zero-order valence-electron chi connectivity index (χ0n) is 12.5. The van der Waals surface area contributed by atoms with Crippen molar-refractivity contribution in [2.45, 2.75) is 0 Å². The predicted octanol–water partition coefficient (Wildman–Crippen LogP) is 4.70. The molecule has 0 bridgehead atoms. The third kappa shape index (κ3) is 3.39. The highest BCUT2D eigenvalue weighted by atomic mass is 35.5. The molecule has 0 radical (unpaired) electrons. The fourth-order valence-corrected chi connectivity index (χ4v) is 4.11. The third-order valence-corrected chi connectivity index (χ3v) is 5.32. The first-order valence-electron chi connectivity index (χ1n) is 7.41. The van der Waals surface area contributed by atoms with E-state index >= 15 is 0 Å². The van der Waals surface area contributed by atoms with Crippen molar-refractivity contribution in [2.75, 3.05) is 36.0 Å². The maximum Gasteiger partial charge on any atom is 0.186 e. The van der Waals surface area contributed by atoms with E-state index in [1.807, 2.05) is 18.2 Å². The van der Waals surface area contributed by atoms with E-state index in [1.54, 1.807) is 11.3 Å². The Kier molecular flexibility index (Phi) is 4.95. The molecule has 0 unspecified atom stereocenters. The van der Waals surface area contributed by atoms with Crippen LogP contribution < -0.4 is 9.80 Å². The van der Waals surface area contributed by atoms with Gasteiger partial charge in [-0.3, -0.25) is 0 Å². The van der Waals surface area contributed by atoms with Crippen LogP contribution in [0.15, 0.2) is 48.5 Å². The fourth-order valence-electron chi connectivity index (χ4n) is 2.82. The minimum Gasteiger partial charge on any atom is -0.368 e. The summed E-state index contributed by atoms with van der Waals surface area (Å²) in [6.45, 7) is 4.06. The molecule has 0 aliphatic carbocycles. The van der Waals surface area contributed by atoms with Crippen LogP contribution in [-0.2, 0) is 0 Å². The monoisotopic (exact) mass is 365 g/mol. The lowest BCUT2D eigenvalue weighted by Gasteiger charge is -2.35. The smallest absolute Gasteiger partial charge is 0.186 e. The number of fused-ring (bicyclic) bond motifs is 1. The van der Waals surface area contributed by atoms with Crippen LogP contribution in [-0.4, -0.2) is 31.2 Å². The second kappa shape index (κ2) is 6.95. The van der Waals surface area contributed by atoms with Crippen LogP contribution in [0.25, 0.3) is 10.2 Å². The molecule has 4 rings (SSSR count). The molecule has 23 heavy (non-hydrogen) atoms. The summed E-state index contributed by atoms with van der Waals surface area (Å²) in [5, 5.41) is 1.88. The van der Waals surface area contributed by atoms with Gasteiger partial charge in [0.25, 0.3) is 0 Å². The number of anilines is 2. The Morgan fingerprint density at radius 3 is 2.35 bits per heavy atom. The first kappa shape index (κ1) is 16.4. The number of para-hydroxylation sites is 1. The van der Waals surface area contributed by atoms with Gasteiger partial charge in [-0.05, 0) is 30.3 Å². The Morgan fingerprint density at radius 1 is 0.913 bits per heavy atom. The van der Waals surface area contributed by atoms with E-state index in [4.69, 9.17) is 16.6 Å². The largest absolute Gasteiger partial charge is 0.368 e. The van der Waals surface area contributed by atoms with E-state index in [2.05, 4.69) is 40.1 Å². The number of halogens is 2. The normalized spacial score (nSPS) is 14.8. The number of hydrogen-bond acceptors (Lipinski definition) is 4. The standard InChI is InChI=1S/C17H16ClN3S.ClH/c18-13-6-7-15-16(12-13)22-17(19-15)21-10-8-20(9-11-21)14-4-2-1-3-5-14;/h1-7,12H,8-11H2;1H. The first-order valence-corrected chi connectivity index (χ1v) is 8.60. The molecule has 2 heterocycles. The van der Waals surface area contributed by atoms with Crippen molar-refractivity contribution >= 4 is 56.4 Å². The number of rotatable bonds is 2. The molecule has 3 nitrogen and oxygen atoms in total. The van der Waals surface area contributed by atoms with Gasteiger partial charge in [0, 0.05) is 36.9 Å². The summed E-state index contributed by atoms with van der Waals surface area (Å²) in [6.07, 6.45) is 0. The Bertz CT molecular complexity index is 783. The van der Waals surface area contributed by atoms with Crippen molar-refractivity contribution in [3.05, 3.63) is 53.6 Å². The summed E-state index contributed by atoms with van der Waals surface area (Å²) in [5.41, 5.74) is 2.34. The molecule has 0 atom stereocenters. The van der Waals surface area contributed by atoms with Crippen molar-refractivity contribution in [2.24, 2.45) is 0 Å². The maximum atomic E-state index is 6.06. The van der Waals surface area contributed by atoms with Crippen molar-refractivity contribution < 1.29 is 0 Å². The van der Waals surface area contributed by atoms with Crippen LogP contribution in [0, 0.1) is 0 Å². The SMILES string of the molecule is Cl.Clc1ccc2nc(N3CCN(c4ccccc4)CC3)sc2c1. The Hall–Kier alpha value is -1.49.